The Morgan fingerprint density at radius 3 is 2.66 bits per heavy atom. The molecule has 0 aliphatic carbocycles. The molecule has 1 aliphatic rings. The van der Waals surface area contributed by atoms with Gasteiger partial charge >= 0.3 is 5.97 Å². The number of rotatable bonds is 11. The fraction of sp³-hybridized carbons (Fsp3) is 0.333. The first kappa shape index (κ1) is 28.5. The van der Waals surface area contributed by atoms with Crippen molar-refractivity contribution >= 4 is 34.4 Å². The summed E-state index contributed by atoms with van der Waals surface area (Å²) in [5.74, 6) is 0.00884. The highest BCUT2D eigenvalue weighted by molar-refractivity contribution is 6.30. The van der Waals surface area contributed by atoms with Crippen LogP contribution in [-0.2, 0) is 24.5 Å². The Kier molecular flexibility index (Phi) is 8.80. The van der Waals surface area contributed by atoms with Gasteiger partial charge in [0, 0.05) is 36.8 Å². The number of ketones is 1. The quantitative estimate of drug-likeness (QED) is 0.247. The van der Waals surface area contributed by atoms with E-state index in [0.29, 0.717) is 40.5 Å². The summed E-state index contributed by atoms with van der Waals surface area (Å²) in [6.45, 7) is 4.14. The van der Waals surface area contributed by atoms with E-state index < -0.39 is 11.8 Å². The number of likely N-dealkylation sites (tertiary alicyclic amines) is 1. The predicted molar refractivity (Wildman–Crippen MR) is 151 cm³/mol. The van der Waals surface area contributed by atoms with Crippen molar-refractivity contribution in [2.45, 2.75) is 52.0 Å². The number of imidazole rings is 1. The number of carbonyl (C=O) groups is 2. The second kappa shape index (κ2) is 12.7. The van der Waals surface area contributed by atoms with Gasteiger partial charge in [0.1, 0.15) is 24.3 Å². The van der Waals surface area contributed by atoms with Gasteiger partial charge in [-0.15, -0.1) is 0 Å². The average Bonchev–Trinajstić information content (AvgIpc) is 3.29. The molecule has 1 fully saturated rings. The molecule has 4 aromatic rings. The number of piperidine rings is 1. The molecule has 3 heterocycles. The molecule has 41 heavy (non-hydrogen) atoms. The number of carboxylic acid groups (broad SMARTS) is 1. The predicted octanol–water partition coefficient (Wildman–Crippen LogP) is 5.52. The summed E-state index contributed by atoms with van der Waals surface area (Å²) >= 11 is 5.80. The fourth-order valence-electron chi connectivity index (χ4n) is 4.82. The summed E-state index contributed by atoms with van der Waals surface area (Å²) in [7, 11) is 0. The fourth-order valence-corrected chi connectivity index (χ4v) is 4.98. The Labute approximate surface area is 241 Å². The molecule has 0 bridgehead atoms. The van der Waals surface area contributed by atoms with E-state index in [4.69, 9.17) is 26.1 Å². The number of Topliss-reactive ketones (excluding diaryl/α,β-unsaturated/α-hetero) is 1. The number of nitrogens with zero attached hydrogens (tertiary/aromatic N) is 4. The number of fused-ring (bicyclic) bond motifs is 1. The lowest BCUT2D eigenvalue weighted by molar-refractivity contribution is -0.119. The van der Waals surface area contributed by atoms with Crippen molar-refractivity contribution in [1.29, 1.82) is 0 Å². The second-order valence-corrected chi connectivity index (χ2v) is 10.4. The lowest BCUT2D eigenvalue weighted by Gasteiger charge is -2.32. The molecule has 11 heteroatoms. The second-order valence-electron chi connectivity index (χ2n) is 9.95. The lowest BCUT2D eigenvalue weighted by Crippen LogP contribution is -2.38. The van der Waals surface area contributed by atoms with Crippen LogP contribution in [0.5, 0.6) is 11.5 Å². The number of carboxylic acids is 1. The molecule has 0 unspecified atom stereocenters. The zero-order valence-corrected chi connectivity index (χ0v) is 23.3. The Morgan fingerprint density at radius 1 is 1.12 bits per heavy atom. The zero-order chi connectivity index (χ0) is 28.9. The van der Waals surface area contributed by atoms with E-state index in [0.717, 1.165) is 31.8 Å². The number of carbonyl (C=O) groups excluding carboxylic acids is 1. The van der Waals surface area contributed by atoms with Gasteiger partial charge in [0.05, 0.1) is 35.4 Å². The minimum Gasteiger partial charge on any atom is -0.490 e. The van der Waals surface area contributed by atoms with Crippen molar-refractivity contribution in [1.82, 2.24) is 19.4 Å². The molecule has 0 amide bonds. The first-order valence-electron chi connectivity index (χ1n) is 13.4. The molecule has 1 aliphatic heterocycles. The molecule has 0 saturated carbocycles. The van der Waals surface area contributed by atoms with Crippen LogP contribution in [-0.4, -0.2) is 55.5 Å². The number of aromatic carboxylic acids is 1. The van der Waals surface area contributed by atoms with Crippen LogP contribution >= 0.6 is 11.6 Å². The highest BCUT2D eigenvalue weighted by Gasteiger charge is 2.24. The van der Waals surface area contributed by atoms with Crippen LogP contribution in [0.1, 0.15) is 48.1 Å². The Bertz CT molecular complexity index is 1570. The molecule has 0 atom stereocenters. The molecule has 0 radical (unpaired) electrons. The standard InChI is InChI=1S/C30H30ClFN4O5/c1-2-22(37)16-36-27-13-19(30(38)39)3-5-26(27)34-29(36)17-35-11-8-23(9-12-35)41-24-7-10-33-21(15-24)18-40-28-6-4-20(31)14-25(28)32/h3-7,10,13-15,23H,2,8-9,11-12,16-18H2,1H3,(H,38,39). The topological polar surface area (TPSA) is 107 Å². The number of aromatic nitrogens is 3. The third kappa shape index (κ3) is 7.01. The van der Waals surface area contributed by atoms with Gasteiger partial charge in [0.15, 0.2) is 17.3 Å². The summed E-state index contributed by atoms with van der Waals surface area (Å²) in [6, 6.07) is 12.6. The average molecular weight is 581 g/mol. The summed E-state index contributed by atoms with van der Waals surface area (Å²) in [4.78, 5) is 35.1. The van der Waals surface area contributed by atoms with Gasteiger partial charge in [-0.05, 0) is 55.3 Å². The van der Waals surface area contributed by atoms with Gasteiger partial charge in [-0.2, -0.15) is 0 Å². The monoisotopic (exact) mass is 580 g/mol. The number of hydrogen-bond acceptors (Lipinski definition) is 7. The SMILES string of the molecule is CCC(=O)Cn1c(CN2CCC(Oc3ccnc(COc4ccc(Cl)cc4F)c3)CC2)nc2ccc(C(=O)O)cc21. The van der Waals surface area contributed by atoms with Crippen molar-refractivity contribution in [3.63, 3.8) is 0 Å². The summed E-state index contributed by atoms with van der Waals surface area (Å²) in [5, 5.41) is 9.73. The molecule has 2 aromatic carbocycles. The highest BCUT2D eigenvalue weighted by Crippen LogP contribution is 2.25. The molecular weight excluding hydrogens is 551 g/mol. The maximum atomic E-state index is 14.0. The number of hydrogen-bond donors (Lipinski definition) is 1. The van der Waals surface area contributed by atoms with Gasteiger partial charge in [0.25, 0.3) is 0 Å². The lowest BCUT2D eigenvalue weighted by atomic mass is 10.1. The molecule has 9 nitrogen and oxygen atoms in total. The van der Waals surface area contributed by atoms with Crippen LogP contribution in [0, 0.1) is 5.82 Å². The van der Waals surface area contributed by atoms with Gasteiger partial charge in [0.2, 0.25) is 0 Å². The molecule has 5 rings (SSSR count). The molecule has 2 aromatic heterocycles. The third-order valence-electron chi connectivity index (χ3n) is 7.06. The molecule has 0 spiro atoms. The maximum absolute atomic E-state index is 14.0. The van der Waals surface area contributed by atoms with Gasteiger partial charge in [-0.25, -0.2) is 14.2 Å². The van der Waals surface area contributed by atoms with E-state index in [9.17, 15) is 19.1 Å². The van der Waals surface area contributed by atoms with E-state index in [-0.39, 0.29) is 36.4 Å². The first-order valence-corrected chi connectivity index (χ1v) is 13.8. The molecule has 1 N–H and O–H groups in total. The third-order valence-corrected chi connectivity index (χ3v) is 7.30. The normalized spacial score (nSPS) is 14.3. The van der Waals surface area contributed by atoms with E-state index in [1.165, 1.54) is 18.2 Å². The molecule has 214 valence electrons. The summed E-state index contributed by atoms with van der Waals surface area (Å²) in [6.07, 6.45) is 3.62. The maximum Gasteiger partial charge on any atom is 0.335 e. The van der Waals surface area contributed by atoms with E-state index in [2.05, 4.69) is 9.88 Å². The van der Waals surface area contributed by atoms with E-state index in [1.54, 1.807) is 36.5 Å². The molecular formula is C30H30ClFN4O5. The van der Waals surface area contributed by atoms with Gasteiger partial charge in [-0.3, -0.25) is 14.7 Å². The van der Waals surface area contributed by atoms with Crippen molar-refractivity contribution in [2.24, 2.45) is 0 Å². The van der Waals surface area contributed by atoms with Crippen LogP contribution in [0.3, 0.4) is 0 Å². The Hall–Kier alpha value is -4.02. The van der Waals surface area contributed by atoms with Crippen LogP contribution in [0.2, 0.25) is 5.02 Å². The van der Waals surface area contributed by atoms with E-state index >= 15 is 0 Å². The van der Waals surface area contributed by atoms with Crippen molar-refractivity contribution in [3.8, 4) is 11.5 Å². The van der Waals surface area contributed by atoms with Crippen LogP contribution in [0.4, 0.5) is 4.39 Å². The zero-order valence-electron chi connectivity index (χ0n) is 22.6. The number of benzene rings is 2. The minimum absolute atomic E-state index is 0.00902. The number of pyridine rings is 1. The molecule has 1 saturated heterocycles. The summed E-state index contributed by atoms with van der Waals surface area (Å²) < 4.78 is 27.6. The van der Waals surface area contributed by atoms with E-state index in [1.807, 2.05) is 11.5 Å². The Balaban J connectivity index is 1.19. The van der Waals surface area contributed by atoms with Crippen LogP contribution in [0.25, 0.3) is 11.0 Å². The van der Waals surface area contributed by atoms with Gasteiger partial charge in [-0.1, -0.05) is 18.5 Å². The smallest absolute Gasteiger partial charge is 0.335 e. The van der Waals surface area contributed by atoms with Gasteiger partial charge < -0.3 is 19.1 Å². The Morgan fingerprint density at radius 2 is 1.93 bits per heavy atom. The van der Waals surface area contributed by atoms with Crippen molar-refractivity contribution in [2.75, 3.05) is 13.1 Å². The largest absolute Gasteiger partial charge is 0.490 e. The number of halogens is 2. The summed E-state index contributed by atoms with van der Waals surface area (Å²) in [5.41, 5.74) is 2.09. The minimum atomic E-state index is -1.02. The van der Waals surface area contributed by atoms with Crippen molar-refractivity contribution in [3.05, 3.63) is 82.6 Å². The number of ether oxygens (including phenoxy) is 2. The first-order chi connectivity index (χ1) is 19.8. The van der Waals surface area contributed by atoms with Crippen LogP contribution in [0.15, 0.2) is 54.7 Å². The van der Waals surface area contributed by atoms with Crippen LogP contribution < -0.4 is 9.47 Å². The van der Waals surface area contributed by atoms with Crippen molar-refractivity contribution < 1.29 is 28.6 Å². The highest BCUT2D eigenvalue weighted by atomic mass is 35.5.